The lowest BCUT2D eigenvalue weighted by molar-refractivity contribution is -0.138. The highest BCUT2D eigenvalue weighted by Gasteiger charge is 2.29. The summed E-state index contributed by atoms with van der Waals surface area (Å²) in [5.41, 5.74) is -0.272. The maximum atomic E-state index is 11.8. The van der Waals surface area contributed by atoms with Gasteiger partial charge >= 0.3 is 0 Å². The quantitative estimate of drug-likeness (QED) is 0.686. The Kier molecular flexibility index (Phi) is 4.83. The van der Waals surface area contributed by atoms with Crippen LogP contribution in [0.3, 0.4) is 0 Å². The Balaban J connectivity index is 4.35. The first-order valence-corrected chi connectivity index (χ1v) is 5.47. The van der Waals surface area contributed by atoms with E-state index in [-0.39, 0.29) is 11.3 Å². The molecule has 0 bridgehead atoms. The smallest absolute Gasteiger partial charge is 0.229 e. The van der Waals surface area contributed by atoms with Crippen LogP contribution in [0.15, 0.2) is 0 Å². The van der Waals surface area contributed by atoms with Crippen LogP contribution in [0.25, 0.3) is 0 Å². The van der Waals surface area contributed by atoms with Crippen LogP contribution >= 0.6 is 15.9 Å². The number of alkyl halides is 1. The standard InChI is InChI=1S/C9H18BrNO/c1-5-11(6-2)8(12)9(3,4)7-10/h5-7H2,1-4H3. The fraction of sp³-hybridized carbons (Fsp3) is 0.889. The molecule has 1 amide bonds. The maximum Gasteiger partial charge on any atom is 0.229 e. The Morgan fingerprint density at radius 2 is 1.75 bits per heavy atom. The second kappa shape index (κ2) is 4.85. The zero-order valence-corrected chi connectivity index (χ0v) is 9.94. The van der Waals surface area contributed by atoms with Crippen molar-refractivity contribution >= 4 is 21.8 Å². The van der Waals surface area contributed by atoms with E-state index in [1.165, 1.54) is 0 Å². The molecule has 0 aromatic rings. The number of hydrogen-bond acceptors (Lipinski definition) is 1. The Hall–Kier alpha value is -0.0500. The lowest BCUT2D eigenvalue weighted by atomic mass is 9.94. The zero-order valence-electron chi connectivity index (χ0n) is 8.35. The first-order chi connectivity index (χ1) is 5.49. The fourth-order valence-electron chi connectivity index (χ4n) is 0.996. The van der Waals surface area contributed by atoms with Gasteiger partial charge in [-0.05, 0) is 13.8 Å². The molecular formula is C9H18BrNO. The monoisotopic (exact) mass is 235 g/mol. The topological polar surface area (TPSA) is 20.3 Å². The van der Waals surface area contributed by atoms with E-state index < -0.39 is 0 Å². The molecule has 0 heterocycles. The SMILES string of the molecule is CCN(CC)C(=O)C(C)(C)CBr. The van der Waals surface area contributed by atoms with Crippen LogP contribution in [-0.2, 0) is 4.79 Å². The van der Waals surface area contributed by atoms with E-state index in [0.717, 1.165) is 18.4 Å². The van der Waals surface area contributed by atoms with Gasteiger partial charge in [0.1, 0.15) is 0 Å². The average molecular weight is 236 g/mol. The summed E-state index contributed by atoms with van der Waals surface area (Å²) >= 11 is 3.35. The molecule has 0 saturated heterocycles. The number of halogens is 1. The summed E-state index contributed by atoms with van der Waals surface area (Å²) in [5.74, 6) is 0.226. The van der Waals surface area contributed by atoms with E-state index in [2.05, 4.69) is 15.9 Å². The molecule has 0 unspecified atom stereocenters. The van der Waals surface area contributed by atoms with Gasteiger partial charge in [-0.3, -0.25) is 4.79 Å². The minimum atomic E-state index is -0.272. The van der Waals surface area contributed by atoms with Crippen molar-refractivity contribution in [2.45, 2.75) is 27.7 Å². The third-order valence-corrected chi connectivity index (χ3v) is 3.37. The summed E-state index contributed by atoms with van der Waals surface area (Å²) in [6, 6.07) is 0. The Labute approximate surface area is 83.4 Å². The highest BCUT2D eigenvalue weighted by molar-refractivity contribution is 9.09. The number of nitrogens with zero attached hydrogens (tertiary/aromatic N) is 1. The summed E-state index contributed by atoms with van der Waals surface area (Å²) in [6.45, 7) is 9.53. The number of hydrogen-bond donors (Lipinski definition) is 0. The second-order valence-electron chi connectivity index (χ2n) is 3.49. The van der Waals surface area contributed by atoms with Crippen molar-refractivity contribution in [1.29, 1.82) is 0 Å². The molecule has 0 aromatic carbocycles. The van der Waals surface area contributed by atoms with Crippen molar-refractivity contribution in [3.8, 4) is 0 Å². The van der Waals surface area contributed by atoms with Crippen LogP contribution in [0.2, 0.25) is 0 Å². The highest BCUT2D eigenvalue weighted by Crippen LogP contribution is 2.21. The fourth-order valence-corrected chi connectivity index (χ4v) is 1.24. The van der Waals surface area contributed by atoms with Gasteiger partial charge in [0.2, 0.25) is 5.91 Å². The molecule has 0 fully saturated rings. The van der Waals surface area contributed by atoms with Gasteiger partial charge in [0, 0.05) is 18.4 Å². The molecule has 0 spiro atoms. The molecule has 0 radical (unpaired) electrons. The number of amides is 1. The minimum absolute atomic E-state index is 0.226. The van der Waals surface area contributed by atoms with Crippen LogP contribution in [0.5, 0.6) is 0 Å². The molecule has 0 aromatic heterocycles. The maximum absolute atomic E-state index is 11.8. The van der Waals surface area contributed by atoms with Crippen molar-refractivity contribution in [3.05, 3.63) is 0 Å². The van der Waals surface area contributed by atoms with Gasteiger partial charge in [-0.2, -0.15) is 0 Å². The molecule has 3 heteroatoms. The van der Waals surface area contributed by atoms with Crippen LogP contribution in [0.1, 0.15) is 27.7 Å². The van der Waals surface area contributed by atoms with Crippen molar-refractivity contribution in [1.82, 2.24) is 4.90 Å². The normalized spacial score (nSPS) is 11.4. The predicted molar refractivity (Wildman–Crippen MR) is 55.5 cm³/mol. The summed E-state index contributed by atoms with van der Waals surface area (Å²) in [5, 5.41) is 0.718. The Morgan fingerprint density at radius 1 is 1.33 bits per heavy atom. The Bertz CT molecular complexity index is 153. The van der Waals surface area contributed by atoms with E-state index in [9.17, 15) is 4.79 Å². The van der Waals surface area contributed by atoms with Gasteiger partial charge in [0.15, 0.2) is 0 Å². The first-order valence-electron chi connectivity index (χ1n) is 4.35. The van der Waals surface area contributed by atoms with Gasteiger partial charge in [-0.15, -0.1) is 0 Å². The molecule has 2 nitrogen and oxygen atoms in total. The van der Waals surface area contributed by atoms with Crippen molar-refractivity contribution < 1.29 is 4.79 Å². The van der Waals surface area contributed by atoms with E-state index in [4.69, 9.17) is 0 Å². The molecule has 12 heavy (non-hydrogen) atoms. The van der Waals surface area contributed by atoms with Crippen LogP contribution in [-0.4, -0.2) is 29.2 Å². The van der Waals surface area contributed by atoms with Gasteiger partial charge in [0.25, 0.3) is 0 Å². The number of carbonyl (C=O) groups excluding carboxylic acids is 1. The van der Waals surface area contributed by atoms with Gasteiger partial charge in [-0.1, -0.05) is 29.8 Å². The molecule has 0 saturated carbocycles. The summed E-state index contributed by atoms with van der Waals surface area (Å²) in [6.07, 6.45) is 0. The second-order valence-corrected chi connectivity index (χ2v) is 4.06. The highest BCUT2D eigenvalue weighted by atomic mass is 79.9. The Morgan fingerprint density at radius 3 is 2.00 bits per heavy atom. The zero-order chi connectivity index (χ0) is 9.78. The molecule has 0 aliphatic rings. The summed E-state index contributed by atoms with van der Waals surface area (Å²) in [4.78, 5) is 13.6. The van der Waals surface area contributed by atoms with Gasteiger partial charge in [0.05, 0.1) is 5.41 Å². The van der Waals surface area contributed by atoms with Crippen LogP contribution < -0.4 is 0 Å². The van der Waals surface area contributed by atoms with E-state index in [1.807, 2.05) is 32.6 Å². The van der Waals surface area contributed by atoms with E-state index >= 15 is 0 Å². The number of carbonyl (C=O) groups is 1. The molecular weight excluding hydrogens is 218 g/mol. The lowest BCUT2D eigenvalue weighted by Gasteiger charge is -2.28. The van der Waals surface area contributed by atoms with Gasteiger partial charge in [-0.25, -0.2) is 0 Å². The third kappa shape index (κ3) is 2.77. The minimum Gasteiger partial charge on any atom is -0.343 e. The van der Waals surface area contributed by atoms with Crippen molar-refractivity contribution in [2.75, 3.05) is 18.4 Å². The van der Waals surface area contributed by atoms with Gasteiger partial charge < -0.3 is 4.90 Å². The third-order valence-electron chi connectivity index (χ3n) is 1.96. The molecule has 72 valence electrons. The van der Waals surface area contributed by atoms with E-state index in [1.54, 1.807) is 0 Å². The molecule has 0 aliphatic carbocycles. The number of rotatable bonds is 4. The molecule has 0 aliphatic heterocycles. The first kappa shape index (κ1) is 11.9. The van der Waals surface area contributed by atoms with E-state index in [0.29, 0.717) is 0 Å². The largest absolute Gasteiger partial charge is 0.343 e. The summed E-state index contributed by atoms with van der Waals surface area (Å²) < 4.78 is 0. The van der Waals surface area contributed by atoms with Crippen molar-refractivity contribution in [2.24, 2.45) is 5.41 Å². The lowest BCUT2D eigenvalue weighted by Crippen LogP contribution is -2.41. The average Bonchev–Trinajstić information content (AvgIpc) is 2.06. The van der Waals surface area contributed by atoms with Crippen LogP contribution in [0.4, 0.5) is 0 Å². The molecule has 0 rings (SSSR count). The summed E-state index contributed by atoms with van der Waals surface area (Å²) in [7, 11) is 0. The molecule has 0 N–H and O–H groups in total. The van der Waals surface area contributed by atoms with Crippen molar-refractivity contribution in [3.63, 3.8) is 0 Å². The predicted octanol–water partition coefficient (Wildman–Crippen LogP) is 2.28. The van der Waals surface area contributed by atoms with Crippen LogP contribution in [0, 0.1) is 5.41 Å². The molecule has 0 atom stereocenters.